The van der Waals surface area contributed by atoms with E-state index >= 15 is 0 Å². The van der Waals surface area contributed by atoms with Crippen LogP contribution in [0.25, 0.3) is 0 Å². The summed E-state index contributed by atoms with van der Waals surface area (Å²) in [6.45, 7) is 10.4. The van der Waals surface area contributed by atoms with Crippen molar-refractivity contribution in [1.29, 1.82) is 0 Å². The lowest BCUT2D eigenvalue weighted by Gasteiger charge is -2.22. The largest absolute Gasteiger partial charge is 0.494 e. The Kier molecular flexibility index (Phi) is 6.97. The Bertz CT molecular complexity index is 477. The Balaban J connectivity index is 2.74. The Morgan fingerprint density at radius 1 is 1.33 bits per heavy atom. The first-order chi connectivity index (χ1) is 9.73. The maximum Gasteiger partial charge on any atom is 0.309 e. The van der Waals surface area contributed by atoms with Gasteiger partial charge in [0.15, 0.2) is 0 Å². The SMILES string of the molecule is CCCOc1ccc(I)c(CC(C)C(=O)OC(C)(C)C)c1. The molecular formula is C17H25IO3. The summed E-state index contributed by atoms with van der Waals surface area (Å²) in [5.74, 6) is 0.543. The van der Waals surface area contributed by atoms with Gasteiger partial charge in [-0.1, -0.05) is 13.8 Å². The van der Waals surface area contributed by atoms with Crippen LogP contribution in [0, 0.1) is 9.49 Å². The normalized spacial score (nSPS) is 12.9. The van der Waals surface area contributed by atoms with Crippen LogP contribution in [0.4, 0.5) is 0 Å². The molecule has 0 bridgehead atoms. The van der Waals surface area contributed by atoms with Gasteiger partial charge >= 0.3 is 5.97 Å². The third kappa shape index (κ3) is 6.68. The summed E-state index contributed by atoms with van der Waals surface area (Å²) in [6, 6.07) is 6.03. The van der Waals surface area contributed by atoms with E-state index in [-0.39, 0.29) is 11.9 Å². The average molecular weight is 404 g/mol. The smallest absolute Gasteiger partial charge is 0.309 e. The van der Waals surface area contributed by atoms with E-state index in [0.29, 0.717) is 13.0 Å². The van der Waals surface area contributed by atoms with Crippen molar-refractivity contribution in [3.8, 4) is 5.75 Å². The minimum Gasteiger partial charge on any atom is -0.494 e. The number of rotatable bonds is 6. The molecule has 0 heterocycles. The molecule has 1 unspecified atom stereocenters. The van der Waals surface area contributed by atoms with Crippen molar-refractivity contribution in [2.75, 3.05) is 6.61 Å². The molecule has 4 heteroatoms. The van der Waals surface area contributed by atoms with Gasteiger partial charge in [0.2, 0.25) is 0 Å². The van der Waals surface area contributed by atoms with Gasteiger partial charge in [-0.15, -0.1) is 0 Å². The van der Waals surface area contributed by atoms with Gasteiger partial charge in [-0.25, -0.2) is 0 Å². The van der Waals surface area contributed by atoms with E-state index in [4.69, 9.17) is 9.47 Å². The molecule has 1 atom stereocenters. The summed E-state index contributed by atoms with van der Waals surface area (Å²) < 4.78 is 12.2. The lowest BCUT2D eigenvalue weighted by Crippen LogP contribution is -2.28. The predicted molar refractivity (Wildman–Crippen MR) is 93.7 cm³/mol. The average Bonchev–Trinajstić information content (AvgIpc) is 2.37. The molecule has 3 nitrogen and oxygen atoms in total. The van der Waals surface area contributed by atoms with Gasteiger partial charge < -0.3 is 9.47 Å². The van der Waals surface area contributed by atoms with Gasteiger partial charge in [-0.3, -0.25) is 4.79 Å². The summed E-state index contributed by atoms with van der Waals surface area (Å²) in [4.78, 5) is 12.1. The van der Waals surface area contributed by atoms with Gasteiger partial charge in [-0.2, -0.15) is 0 Å². The van der Waals surface area contributed by atoms with E-state index in [0.717, 1.165) is 21.3 Å². The van der Waals surface area contributed by atoms with Crippen molar-refractivity contribution in [1.82, 2.24) is 0 Å². The van der Waals surface area contributed by atoms with Gasteiger partial charge in [0, 0.05) is 3.57 Å². The molecule has 0 fully saturated rings. The number of halogens is 1. The van der Waals surface area contributed by atoms with Crippen molar-refractivity contribution < 1.29 is 14.3 Å². The van der Waals surface area contributed by atoms with Gasteiger partial charge in [-0.05, 0) is 80.0 Å². The summed E-state index contributed by atoms with van der Waals surface area (Å²) in [5, 5.41) is 0. The minimum absolute atomic E-state index is 0.154. The molecule has 0 N–H and O–H groups in total. The fourth-order valence-corrected chi connectivity index (χ4v) is 2.39. The molecule has 21 heavy (non-hydrogen) atoms. The lowest BCUT2D eigenvalue weighted by molar-refractivity contribution is -0.159. The Labute approximate surface area is 141 Å². The molecule has 0 saturated carbocycles. The molecule has 0 saturated heterocycles. The first-order valence-electron chi connectivity index (χ1n) is 7.37. The number of carbonyl (C=O) groups excluding carboxylic acids is 1. The van der Waals surface area contributed by atoms with Crippen molar-refractivity contribution in [3.05, 3.63) is 27.3 Å². The summed E-state index contributed by atoms with van der Waals surface area (Å²) in [5.41, 5.74) is 0.687. The zero-order valence-corrected chi connectivity index (χ0v) is 15.7. The number of esters is 1. The molecule has 0 aromatic heterocycles. The maximum atomic E-state index is 12.1. The Hall–Kier alpha value is -0.780. The van der Waals surface area contributed by atoms with Crippen LogP contribution in [0.15, 0.2) is 18.2 Å². The molecule has 0 aliphatic carbocycles. The third-order valence-corrected chi connectivity index (χ3v) is 3.88. The predicted octanol–water partition coefficient (Wildman–Crippen LogP) is 4.60. The van der Waals surface area contributed by atoms with E-state index < -0.39 is 5.60 Å². The standard InChI is InChI=1S/C17H25IO3/c1-6-9-20-14-7-8-15(18)13(11-14)10-12(2)16(19)21-17(3,4)5/h7-8,11-12H,6,9-10H2,1-5H3. The highest BCUT2D eigenvalue weighted by molar-refractivity contribution is 14.1. The second-order valence-electron chi connectivity index (χ2n) is 6.24. The van der Waals surface area contributed by atoms with Crippen LogP contribution in [-0.4, -0.2) is 18.2 Å². The van der Waals surface area contributed by atoms with Gasteiger partial charge in [0.05, 0.1) is 12.5 Å². The van der Waals surface area contributed by atoms with Crippen LogP contribution < -0.4 is 4.74 Å². The topological polar surface area (TPSA) is 35.5 Å². The molecule has 1 aromatic carbocycles. The van der Waals surface area contributed by atoms with Crippen LogP contribution in [-0.2, 0) is 16.0 Å². The Morgan fingerprint density at radius 2 is 2.00 bits per heavy atom. The van der Waals surface area contributed by atoms with Crippen molar-refractivity contribution in [3.63, 3.8) is 0 Å². The number of hydrogen-bond donors (Lipinski definition) is 0. The minimum atomic E-state index is -0.440. The summed E-state index contributed by atoms with van der Waals surface area (Å²) in [6.07, 6.45) is 1.64. The highest BCUT2D eigenvalue weighted by atomic mass is 127. The second kappa shape index (κ2) is 8.01. The molecule has 0 aliphatic heterocycles. The highest BCUT2D eigenvalue weighted by Gasteiger charge is 2.22. The van der Waals surface area contributed by atoms with Crippen LogP contribution in [0.2, 0.25) is 0 Å². The van der Waals surface area contributed by atoms with E-state index in [2.05, 4.69) is 29.5 Å². The number of benzene rings is 1. The molecule has 0 spiro atoms. The zero-order chi connectivity index (χ0) is 16.0. The molecule has 0 aliphatic rings. The molecule has 118 valence electrons. The fraction of sp³-hybridized carbons (Fsp3) is 0.588. The van der Waals surface area contributed by atoms with E-state index in [1.807, 2.05) is 45.9 Å². The van der Waals surface area contributed by atoms with Gasteiger partial charge in [0.1, 0.15) is 11.4 Å². The quantitative estimate of drug-likeness (QED) is 0.514. The monoisotopic (exact) mass is 404 g/mol. The van der Waals surface area contributed by atoms with Crippen molar-refractivity contribution in [2.24, 2.45) is 5.92 Å². The van der Waals surface area contributed by atoms with Crippen LogP contribution in [0.5, 0.6) is 5.75 Å². The van der Waals surface area contributed by atoms with E-state index in [9.17, 15) is 4.79 Å². The van der Waals surface area contributed by atoms with Crippen LogP contribution in [0.3, 0.4) is 0 Å². The van der Waals surface area contributed by atoms with E-state index in [1.54, 1.807) is 0 Å². The lowest BCUT2D eigenvalue weighted by atomic mass is 10.0. The van der Waals surface area contributed by atoms with Crippen molar-refractivity contribution in [2.45, 2.75) is 53.1 Å². The Morgan fingerprint density at radius 3 is 2.57 bits per heavy atom. The molecule has 0 amide bonds. The zero-order valence-electron chi connectivity index (χ0n) is 13.5. The van der Waals surface area contributed by atoms with Crippen molar-refractivity contribution >= 4 is 28.6 Å². The second-order valence-corrected chi connectivity index (χ2v) is 7.40. The summed E-state index contributed by atoms with van der Waals surface area (Å²) in [7, 11) is 0. The third-order valence-electron chi connectivity index (χ3n) is 2.83. The maximum absolute atomic E-state index is 12.1. The molecule has 0 radical (unpaired) electrons. The highest BCUT2D eigenvalue weighted by Crippen LogP contribution is 2.23. The molecular weight excluding hydrogens is 379 g/mol. The number of hydrogen-bond acceptors (Lipinski definition) is 3. The van der Waals surface area contributed by atoms with Gasteiger partial charge in [0.25, 0.3) is 0 Å². The summed E-state index contributed by atoms with van der Waals surface area (Å²) >= 11 is 2.29. The molecule has 1 aromatic rings. The number of ether oxygens (including phenoxy) is 2. The van der Waals surface area contributed by atoms with Crippen LogP contribution >= 0.6 is 22.6 Å². The fourth-order valence-electron chi connectivity index (χ4n) is 1.83. The molecule has 1 rings (SSSR count). The number of carbonyl (C=O) groups is 1. The van der Waals surface area contributed by atoms with E-state index in [1.165, 1.54) is 0 Å². The first-order valence-corrected chi connectivity index (χ1v) is 8.45. The van der Waals surface area contributed by atoms with Crippen LogP contribution in [0.1, 0.15) is 46.6 Å². The first kappa shape index (κ1) is 18.3.